The first-order valence-electron chi connectivity index (χ1n) is 7.98. The Kier molecular flexibility index (Phi) is 4.20. The Morgan fingerprint density at radius 2 is 2.29 bits per heavy atom. The molecule has 4 rings (SSSR count). The van der Waals surface area contributed by atoms with Crippen molar-refractivity contribution in [3.63, 3.8) is 0 Å². The molecule has 7 heteroatoms. The fraction of sp³-hybridized carbons (Fsp3) is 0.353. The first-order chi connectivity index (χ1) is 11.7. The van der Waals surface area contributed by atoms with E-state index in [9.17, 15) is 4.79 Å². The van der Waals surface area contributed by atoms with Gasteiger partial charge in [0, 0.05) is 25.2 Å². The number of carbonyl (C=O) groups is 1. The van der Waals surface area contributed by atoms with Gasteiger partial charge in [0.1, 0.15) is 11.0 Å². The van der Waals surface area contributed by atoms with Crippen molar-refractivity contribution in [3.8, 4) is 0 Å². The fourth-order valence-corrected chi connectivity index (χ4v) is 4.87. The number of benzene rings is 1. The summed E-state index contributed by atoms with van der Waals surface area (Å²) in [5.41, 5.74) is 1.00. The van der Waals surface area contributed by atoms with Gasteiger partial charge in [0.05, 0.1) is 16.8 Å². The van der Waals surface area contributed by atoms with Crippen LogP contribution in [0.1, 0.15) is 17.8 Å². The number of amides is 1. The van der Waals surface area contributed by atoms with Crippen LogP contribution in [0.3, 0.4) is 0 Å². The van der Waals surface area contributed by atoms with E-state index in [4.69, 9.17) is 0 Å². The zero-order chi connectivity index (χ0) is 16.5. The summed E-state index contributed by atoms with van der Waals surface area (Å²) in [5, 5.41) is 3.88. The Hall–Kier alpha value is -1.99. The number of fused-ring (bicyclic) bond motifs is 1. The number of hydrogen-bond acceptors (Lipinski definition) is 6. The minimum absolute atomic E-state index is 0.101. The maximum atomic E-state index is 12.9. The lowest BCUT2D eigenvalue weighted by molar-refractivity contribution is -0.131. The highest BCUT2D eigenvalue weighted by atomic mass is 32.1. The Morgan fingerprint density at radius 1 is 1.42 bits per heavy atom. The SMILES string of the molecule is CN(Cc1nc2ccccc2s1)C(=O)[C@H]1CCCN1c1nccs1. The molecular formula is C17H18N4OS2. The van der Waals surface area contributed by atoms with Crippen LogP contribution < -0.4 is 4.90 Å². The number of carbonyl (C=O) groups excluding carboxylic acids is 1. The summed E-state index contributed by atoms with van der Waals surface area (Å²) in [6.07, 6.45) is 3.72. The van der Waals surface area contributed by atoms with Crippen LogP contribution in [0.15, 0.2) is 35.8 Å². The number of thiazole rings is 2. The summed E-state index contributed by atoms with van der Waals surface area (Å²) < 4.78 is 1.17. The molecule has 2 aromatic heterocycles. The number of anilines is 1. The summed E-state index contributed by atoms with van der Waals surface area (Å²) in [5.74, 6) is 0.155. The first kappa shape index (κ1) is 15.5. The van der Waals surface area contributed by atoms with E-state index in [1.165, 1.54) is 4.70 Å². The average molecular weight is 358 g/mol. The number of hydrogen-bond donors (Lipinski definition) is 0. The van der Waals surface area contributed by atoms with Gasteiger partial charge in [0.25, 0.3) is 0 Å². The van der Waals surface area contributed by atoms with E-state index in [2.05, 4.69) is 20.9 Å². The zero-order valence-corrected chi connectivity index (χ0v) is 15.0. The molecule has 0 N–H and O–H groups in total. The molecule has 0 saturated carbocycles. The lowest BCUT2D eigenvalue weighted by atomic mass is 10.2. The van der Waals surface area contributed by atoms with Crippen molar-refractivity contribution in [1.82, 2.24) is 14.9 Å². The Morgan fingerprint density at radius 3 is 3.08 bits per heavy atom. The van der Waals surface area contributed by atoms with Crippen LogP contribution in [0.4, 0.5) is 5.13 Å². The van der Waals surface area contributed by atoms with Gasteiger partial charge in [-0.15, -0.1) is 22.7 Å². The largest absolute Gasteiger partial charge is 0.337 e. The van der Waals surface area contributed by atoms with E-state index >= 15 is 0 Å². The quantitative estimate of drug-likeness (QED) is 0.717. The molecule has 0 bridgehead atoms. The van der Waals surface area contributed by atoms with Crippen molar-refractivity contribution in [2.24, 2.45) is 0 Å². The number of likely N-dealkylation sites (N-methyl/N-ethyl adjacent to an activating group) is 1. The standard InChI is InChI=1S/C17H18N4OS2/c1-20(11-15-19-12-5-2-3-7-14(12)24-15)16(22)13-6-4-9-21(13)17-18-8-10-23-17/h2-3,5,7-8,10,13H,4,6,9,11H2,1H3/t13-/m1/s1. The second kappa shape index (κ2) is 6.49. The summed E-state index contributed by atoms with van der Waals surface area (Å²) in [4.78, 5) is 25.8. The van der Waals surface area contributed by atoms with Crippen LogP contribution in [0, 0.1) is 0 Å². The third-order valence-electron chi connectivity index (χ3n) is 4.29. The summed E-state index contributed by atoms with van der Waals surface area (Å²) in [6, 6.07) is 7.99. The van der Waals surface area contributed by atoms with E-state index in [1.807, 2.05) is 30.6 Å². The maximum Gasteiger partial charge on any atom is 0.245 e. The van der Waals surface area contributed by atoms with Crippen LogP contribution in [-0.4, -0.2) is 40.4 Å². The number of nitrogens with zero attached hydrogens (tertiary/aromatic N) is 4. The van der Waals surface area contributed by atoms with Crippen molar-refractivity contribution < 1.29 is 4.79 Å². The molecule has 1 aromatic carbocycles. The van der Waals surface area contributed by atoms with Gasteiger partial charge in [-0.2, -0.15) is 0 Å². The first-order valence-corrected chi connectivity index (χ1v) is 9.67. The van der Waals surface area contributed by atoms with Crippen LogP contribution in [0.5, 0.6) is 0 Å². The van der Waals surface area contributed by atoms with E-state index in [1.54, 1.807) is 33.8 Å². The summed E-state index contributed by atoms with van der Waals surface area (Å²) in [6.45, 7) is 1.46. The third-order valence-corrected chi connectivity index (χ3v) is 6.12. The Bertz CT molecular complexity index is 812. The van der Waals surface area contributed by atoms with Gasteiger partial charge in [-0.05, 0) is 25.0 Å². The highest BCUT2D eigenvalue weighted by molar-refractivity contribution is 7.18. The smallest absolute Gasteiger partial charge is 0.245 e. The van der Waals surface area contributed by atoms with Gasteiger partial charge in [0.15, 0.2) is 5.13 Å². The van der Waals surface area contributed by atoms with E-state index < -0.39 is 0 Å². The molecular weight excluding hydrogens is 340 g/mol. The highest BCUT2D eigenvalue weighted by Gasteiger charge is 2.34. The average Bonchev–Trinajstić information content (AvgIpc) is 3.32. The predicted octanol–water partition coefficient (Wildman–Crippen LogP) is 3.38. The molecule has 1 amide bonds. The van der Waals surface area contributed by atoms with Crippen molar-refractivity contribution >= 4 is 43.9 Å². The molecule has 0 aliphatic carbocycles. The normalized spacial score (nSPS) is 17.5. The molecule has 0 spiro atoms. The lowest BCUT2D eigenvalue weighted by Gasteiger charge is -2.27. The molecule has 124 valence electrons. The van der Waals surface area contributed by atoms with Crippen LogP contribution in [0.25, 0.3) is 10.2 Å². The van der Waals surface area contributed by atoms with Gasteiger partial charge in [-0.3, -0.25) is 4.79 Å². The van der Waals surface area contributed by atoms with Crippen molar-refractivity contribution in [2.75, 3.05) is 18.5 Å². The van der Waals surface area contributed by atoms with Crippen molar-refractivity contribution in [2.45, 2.75) is 25.4 Å². The van der Waals surface area contributed by atoms with Gasteiger partial charge in [-0.1, -0.05) is 12.1 Å². The molecule has 0 radical (unpaired) electrons. The van der Waals surface area contributed by atoms with Crippen LogP contribution >= 0.6 is 22.7 Å². The van der Waals surface area contributed by atoms with E-state index in [0.717, 1.165) is 35.0 Å². The fourth-order valence-electron chi connectivity index (χ4n) is 3.13. The van der Waals surface area contributed by atoms with Crippen LogP contribution in [-0.2, 0) is 11.3 Å². The number of aromatic nitrogens is 2. The van der Waals surface area contributed by atoms with E-state index in [-0.39, 0.29) is 11.9 Å². The molecule has 24 heavy (non-hydrogen) atoms. The number of para-hydroxylation sites is 1. The molecule has 3 heterocycles. The molecule has 0 unspecified atom stereocenters. The molecule has 1 saturated heterocycles. The zero-order valence-electron chi connectivity index (χ0n) is 13.4. The second-order valence-corrected chi connectivity index (χ2v) is 7.92. The molecule has 1 aliphatic heterocycles. The molecule has 5 nitrogen and oxygen atoms in total. The highest BCUT2D eigenvalue weighted by Crippen LogP contribution is 2.29. The molecule has 1 fully saturated rings. The monoisotopic (exact) mass is 358 g/mol. The second-order valence-electron chi connectivity index (χ2n) is 5.94. The van der Waals surface area contributed by atoms with Gasteiger partial charge in [-0.25, -0.2) is 9.97 Å². The Labute approximate surface area is 148 Å². The van der Waals surface area contributed by atoms with Crippen LogP contribution in [0.2, 0.25) is 0 Å². The van der Waals surface area contributed by atoms with Crippen molar-refractivity contribution in [1.29, 1.82) is 0 Å². The van der Waals surface area contributed by atoms with Crippen molar-refractivity contribution in [3.05, 3.63) is 40.8 Å². The summed E-state index contributed by atoms with van der Waals surface area (Å²) in [7, 11) is 1.87. The third kappa shape index (κ3) is 2.89. The predicted molar refractivity (Wildman–Crippen MR) is 98.6 cm³/mol. The maximum absolute atomic E-state index is 12.9. The van der Waals surface area contributed by atoms with Gasteiger partial charge < -0.3 is 9.80 Å². The topological polar surface area (TPSA) is 49.3 Å². The molecule has 3 aromatic rings. The number of rotatable bonds is 4. The van der Waals surface area contributed by atoms with E-state index in [0.29, 0.717) is 6.54 Å². The van der Waals surface area contributed by atoms with Gasteiger partial charge in [0.2, 0.25) is 5.91 Å². The van der Waals surface area contributed by atoms with Gasteiger partial charge >= 0.3 is 0 Å². The Balaban J connectivity index is 1.49. The minimum Gasteiger partial charge on any atom is -0.337 e. The minimum atomic E-state index is -0.101. The molecule has 1 aliphatic rings. The lowest BCUT2D eigenvalue weighted by Crippen LogP contribution is -2.43. The summed E-state index contributed by atoms with van der Waals surface area (Å²) >= 11 is 3.25. The molecule has 1 atom stereocenters.